The Hall–Kier alpha value is -1.31. The number of hydrogen-bond acceptors (Lipinski definition) is 3. The number of nitrogens with one attached hydrogen (secondary N) is 1. The minimum atomic E-state index is -5.09. The molecule has 0 aromatic carbocycles. The zero-order valence-electron chi connectivity index (χ0n) is 9.66. The summed E-state index contributed by atoms with van der Waals surface area (Å²) in [5.41, 5.74) is 0. The molecule has 104 valence electrons. The van der Waals surface area contributed by atoms with Crippen molar-refractivity contribution in [3.63, 3.8) is 0 Å². The molecule has 0 heterocycles. The predicted molar refractivity (Wildman–Crippen MR) is 53.8 cm³/mol. The number of carbonyl (C=O) groups excluding carboxylic acids is 1. The summed E-state index contributed by atoms with van der Waals surface area (Å²) < 4.78 is 41.1. The molecule has 0 bridgehead atoms. The molecule has 0 saturated heterocycles. The zero-order chi connectivity index (χ0) is 13.9. The summed E-state index contributed by atoms with van der Waals surface area (Å²) in [6.45, 7) is 0. The number of halogens is 3. The fourth-order valence-corrected chi connectivity index (χ4v) is 1.64. The van der Waals surface area contributed by atoms with Crippen LogP contribution in [0.1, 0.15) is 19.3 Å². The van der Waals surface area contributed by atoms with E-state index in [0.717, 1.165) is 12.8 Å². The SMILES string of the molecule is COC(CC(NC(=O)C(F)(F)F)C(=O)O)C1CC1. The van der Waals surface area contributed by atoms with Crippen LogP contribution in [0.15, 0.2) is 0 Å². The monoisotopic (exact) mass is 269 g/mol. The van der Waals surface area contributed by atoms with Crippen LogP contribution in [-0.2, 0) is 14.3 Å². The molecule has 5 nitrogen and oxygen atoms in total. The van der Waals surface area contributed by atoms with E-state index in [1.165, 1.54) is 12.4 Å². The van der Waals surface area contributed by atoms with Gasteiger partial charge in [0.1, 0.15) is 6.04 Å². The van der Waals surface area contributed by atoms with Gasteiger partial charge in [-0.15, -0.1) is 0 Å². The molecule has 0 spiro atoms. The minimum Gasteiger partial charge on any atom is -0.480 e. The van der Waals surface area contributed by atoms with Crippen LogP contribution >= 0.6 is 0 Å². The molecule has 1 saturated carbocycles. The van der Waals surface area contributed by atoms with E-state index < -0.39 is 30.2 Å². The number of ether oxygens (including phenoxy) is 1. The summed E-state index contributed by atoms with van der Waals surface area (Å²) in [5, 5.41) is 10.3. The number of carboxylic acid groups (broad SMARTS) is 1. The maximum absolute atomic E-state index is 12.0. The Morgan fingerprint density at radius 1 is 1.44 bits per heavy atom. The van der Waals surface area contributed by atoms with Gasteiger partial charge >= 0.3 is 18.1 Å². The number of amides is 1. The van der Waals surface area contributed by atoms with Crippen LogP contribution in [0.3, 0.4) is 0 Å². The Labute approximate surface area is 101 Å². The Morgan fingerprint density at radius 2 is 2.00 bits per heavy atom. The summed E-state index contributed by atoms with van der Waals surface area (Å²) in [4.78, 5) is 21.5. The number of rotatable bonds is 6. The van der Waals surface area contributed by atoms with E-state index in [4.69, 9.17) is 9.84 Å². The summed E-state index contributed by atoms with van der Waals surface area (Å²) in [6.07, 6.45) is -3.98. The first-order chi connectivity index (χ1) is 8.25. The standard InChI is InChI=1S/C10H14F3NO4/c1-18-7(5-2-3-5)4-6(8(15)16)14-9(17)10(11,12)13/h5-7H,2-4H2,1H3,(H,14,17)(H,15,16). The average molecular weight is 269 g/mol. The van der Waals surface area contributed by atoms with E-state index >= 15 is 0 Å². The molecule has 2 atom stereocenters. The fourth-order valence-electron chi connectivity index (χ4n) is 1.64. The number of carboxylic acids is 1. The van der Waals surface area contributed by atoms with E-state index in [2.05, 4.69) is 0 Å². The van der Waals surface area contributed by atoms with E-state index in [9.17, 15) is 22.8 Å². The van der Waals surface area contributed by atoms with Crippen molar-refractivity contribution in [2.75, 3.05) is 7.11 Å². The second-order valence-corrected chi connectivity index (χ2v) is 4.21. The predicted octanol–water partition coefficient (Wildman–Crippen LogP) is 0.933. The summed E-state index contributed by atoms with van der Waals surface area (Å²) >= 11 is 0. The van der Waals surface area contributed by atoms with Crippen LogP contribution in [0.25, 0.3) is 0 Å². The largest absolute Gasteiger partial charge is 0.480 e. The first-order valence-corrected chi connectivity index (χ1v) is 5.39. The van der Waals surface area contributed by atoms with Crippen molar-refractivity contribution in [2.45, 2.75) is 37.6 Å². The van der Waals surface area contributed by atoms with Gasteiger partial charge in [-0.2, -0.15) is 13.2 Å². The van der Waals surface area contributed by atoms with E-state index in [0.29, 0.717) is 0 Å². The Bertz CT molecular complexity index is 328. The number of aliphatic carboxylic acids is 1. The van der Waals surface area contributed by atoms with Crippen molar-refractivity contribution >= 4 is 11.9 Å². The average Bonchev–Trinajstić information content (AvgIpc) is 3.05. The molecule has 0 aliphatic heterocycles. The molecular formula is C10H14F3NO4. The minimum absolute atomic E-state index is 0.166. The number of alkyl halides is 3. The maximum atomic E-state index is 12.0. The van der Waals surface area contributed by atoms with Crippen molar-refractivity contribution in [1.29, 1.82) is 0 Å². The van der Waals surface area contributed by atoms with Gasteiger partial charge in [-0.3, -0.25) is 4.79 Å². The molecular weight excluding hydrogens is 255 g/mol. The zero-order valence-corrected chi connectivity index (χ0v) is 9.66. The number of methoxy groups -OCH3 is 1. The lowest BCUT2D eigenvalue weighted by molar-refractivity contribution is -0.175. The van der Waals surface area contributed by atoms with E-state index in [-0.39, 0.29) is 12.3 Å². The quantitative estimate of drug-likeness (QED) is 0.752. The topological polar surface area (TPSA) is 75.6 Å². The molecule has 0 radical (unpaired) electrons. The molecule has 0 aromatic heterocycles. The van der Waals surface area contributed by atoms with Crippen molar-refractivity contribution in [3.8, 4) is 0 Å². The highest BCUT2D eigenvalue weighted by Gasteiger charge is 2.42. The molecule has 1 fully saturated rings. The Kier molecular flexibility index (Phi) is 4.55. The van der Waals surface area contributed by atoms with Gasteiger partial charge in [-0.1, -0.05) is 0 Å². The van der Waals surface area contributed by atoms with Gasteiger partial charge in [0.25, 0.3) is 0 Å². The fraction of sp³-hybridized carbons (Fsp3) is 0.800. The molecule has 8 heteroatoms. The lowest BCUT2D eigenvalue weighted by Gasteiger charge is -2.21. The third-order valence-corrected chi connectivity index (χ3v) is 2.78. The molecule has 1 rings (SSSR count). The maximum Gasteiger partial charge on any atom is 0.471 e. The smallest absolute Gasteiger partial charge is 0.471 e. The molecule has 1 aliphatic carbocycles. The molecule has 1 amide bonds. The Morgan fingerprint density at radius 3 is 2.33 bits per heavy atom. The molecule has 0 aromatic rings. The molecule has 1 aliphatic rings. The van der Waals surface area contributed by atoms with Crippen molar-refractivity contribution in [2.24, 2.45) is 5.92 Å². The first kappa shape index (κ1) is 14.7. The van der Waals surface area contributed by atoms with Gasteiger partial charge in [0.2, 0.25) is 0 Å². The second-order valence-electron chi connectivity index (χ2n) is 4.21. The molecule has 18 heavy (non-hydrogen) atoms. The van der Waals surface area contributed by atoms with Crippen LogP contribution in [0.2, 0.25) is 0 Å². The van der Waals surface area contributed by atoms with Gasteiger partial charge < -0.3 is 15.2 Å². The van der Waals surface area contributed by atoms with Crippen LogP contribution in [0, 0.1) is 5.92 Å². The highest BCUT2D eigenvalue weighted by Crippen LogP contribution is 2.36. The lowest BCUT2D eigenvalue weighted by Crippen LogP contribution is -2.48. The van der Waals surface area contributed by atoms with Crippen LogP contribution in [0.5, 0.6) is 0 Å². The van der Waals surface area contributed by atoms with Crippen LogP contribution < -0.4 is 5.32 Å². The third-order valence-electron chi connectivity index (χ3n) is 2.78. The van der Waals surface area contributed by atoms with Crippen LogP contribution in [0.4, 0.5) is 13.2 Å². The summed E-state index contributed by atoms with van der Waals surface area (Å²) in [7, 11) is 1.37. The van der Waals surface area contributed by atoms with E-state index in [1.807, 2.05) is 0 Å². The lowest BCUT2D eigenvalue weighted by atomic mass is 10.1. The van der Waals surface area contributed by atoms with Crippen molar-refractivity contribution in [3.05, 3.63) is 0 Å². The van der Waals surface area contributed by atoms with Gasteiger partial charge in [-0.05, 0) is 18.8 Å². The highest BCUT2D eigenvalue weighted by atomic mass is 19.4. The Balaban J connectivity index is 2.59. The summed E-state index contributed by atoms with van der Waals surface area (Å²) in [5.74, 6) is -3.59. The number of hydrogen-bond donors (Lipinski definition) is 2. The van der Waals surface area contributed by atoms with Crippen LogP contribution in [-0.4, -0.2) is 42.4 Å². The molecule has 2 N–H and O–H groups in total. The van der Waals surface area contributed by atoms with Gasteiger partial charge in [0.05, 0.1) is 6.10 Å². The van der Waals surface area contributed by atoms with Gasteiger partial charge in [-0.25, -0.2) is 4.79 Å². The van der Waals surface area contributed by atoms with Crippen molar-refractivity contribution < 1.29 is 32.6 Å². The third kappa shape index (κ3) is 4.17. The van der Waals surface area contributed by atoms with Crippen molar-refractivity contribution in [1.82, 2.24) is 5.32 Å². The van der Waals surface area contributed by atoms with Gasteiger partial charge in [0, 0.05) is 13.5 Å². The second kappa shape index (κ2) is 5.55. The highest BCUT2D eigenvalue weighted by molar-refractivity contribution is 5.86. The number of carbonyl (C=O) groups is 2. The normalized spacial score (nSPS) is 19.1. The van der Waals surface area contributed by atoms with E-state index in [1.54, 1.807) is 0 Å². The molecule has 2 unspecified atom stereocenters. The van der Waals surface area contributed by atoms with Gasteiger partial charge in [0.15, 0.2) is 0 Å². The first-order valence-electron chi connectivity index (χ1n) is 5.39. The summed E-state index contributed by atoms with van der Waals surface area (Å²) in [6, 6.07) is -1.59.